The number of halogens is 1. The molecular weight excluding hydrogens is 278 g/mol. The minimum absolute atomic E-state index is 0.0115. The molecule has 2 unspecified atom stereocenters. The molecule has 0 aliphatic carbocycles. The second-order valence-corrected chi connectivity index (χ2v) is 6.34. The Morgan fingerprint density at radius 2 is 2.05 bits per heavy atom. The largest absolute Gasteiger partial charge is 0.326 e. The summed E-state index contributed by atoms with van der Waals surface area (Å²) in [6.07, 6.45) is 1.87. The van der Waals surface area contributed by atoms with Gasteiger partial charge < -0.3 is 5.73 Å². The summed E-state index contributed by atoms with van der Waals surface area (Å²) in [6.45, 7) is 1.99. The zero-order valence-electron chi connectivity index (χ0n) is 10.5. The first-order chi connectivity index (χ1) is 9.16. The van der Waals surface area contributed by atoms with Crippen molar-refractivity contribution in [3.8, 4) is 0 Å². The van der Waals surface area contributed by atoms with Crippen LogP contribution in [-0.4, -0.2) is 15.8 Å². The number of thiophene rings is 1. The standard InChI is InChI=1S/C14H14ClN3S/c1-9(16)14(12-6-7-13(15)19-12)18-11-5-3-2-4-10(11)8-17-18/h2-9,14H,16H2,1H3. The van der Waals surface area contributed by atoms with Crippen LogP contribution >= 0.6 is 22.9 Å². The lowest BCUT2D eigenvalue weighted by atomic mass is 10.1. The van der Waals surface area contributed by atoms with E-state index >= 15 is 0 Å². The molecule has 5 heteroatoms. The zero-order valence-corrected chi connectivity index (χ0v) is 12.0. The number of benzene rings is 1. The van der Waals surface area contributed by atoms with Gasteiger partial charge in [-0.2, -0.15) is 5.10 Å². The fraction of sp³-hybridized carbons (Fsp3) is 0.214. The van der Waals surface area contributed by atoms with Gasteiger partial charge in [0.25, 0.3) is 0 Å². The smallest absolute Gasteiger partial charge is 0.102 e. The number of aromatic nitrogens is 2. The average molecular weight is 292 g/mol. The fourth-order valence-electron chi connectivity index (χ4n) is 2.30. The summed E-state index contributed by atoms with van der Waals surface area (Å²) >= 11 is 7.59. The Balaban J connectivity index is 2.15. The normalized spacial score (nSPS) is 14.7. The average Bonchev–Trinajstić information content (AvgIpc) is 2.98. The maximum atomic E-state index is 6.16. The lowest BCUT2D eigenvalue weighted by molar-refractivity contribution is 0.473. The Labute approximate surface area is 120 Å². The highest BCUT2D eigenvalue weighted by molar-refractivity contribution is 7.16. The van der Waals surface area contributed by atoms with Crippen LogP contribution in [0.4, 0.5) is 0 Å². The Morgan fingerprint density at radius 1 is 1.26 bits per heavy atom. The molecule has 0 bridgehead atoms. The van der Waals surface area contributed by atoms with Crippen molar-refractivity contribution in [2.45, 2.75) is 19.0 Å². The Kier molecular flexibility index (Phi) is 3.31. The number of para-hydroxylation sites is 1. The number of nitrogens with zero attached hydrogens (tertiary/aromatic N) is 2. The van der Waals surface area contributed by atoms with Crippen LogP contribution in [-0.2, 0) is 0 Å². The SMILES string of the molecule is CC(N)C(c1ccc(Cl)s1)n1ncc2ccccc21. The number of nitrogens with two attached hydrogens (primary N) is 1. The van der Waals surface area contributed by atoms with Gasteiger partial charge in [-0.15, -0.1) is 11.3 Å². The molecule has 2 N–H and O–H groups in total. The Morgan fingerprint density at radius 3 is 2.74 bits per heavy atom. The maximum absolute atomic E-state index is 6.16. The molecule has 3 rings (SSSR count). The third-order valence-corrected chi connectivity index (χ3v) is 4.45. The van der Waals surface area contributed by atoms with E-state index in [1.54, 1.807) is 11.3 Å². The summed E-state index contributed by atoms with van der Waals surface area (Å²) < 4.78 is 2.76. The van der Waals surface area contributed by atoms with E-state index in [1.807, 2.05) is 42.1 Å². The molecule has 0 aliphatic rings. The van der Waals surface area contributed by atoms with Gasteiger partial charge in [-0.05, 0) is 25.1 Å². The van der Waals surface area contributed by atoms with Gasteiger partial charge in [0.05, 0.1) is 16.0 Å². The lowest BCUT2D eigenvalue weighted by Gasteiger charge is -2.21. The van der Waals surface area contributed by atoms with Crippen LogP contribution in [0.15, 0.2) is 42.6 Å². The molecule has 98 valence electrons. The predicted molar refractivity (Wildman–Crippen MR) is 80.9 cm³/mol. The van der Waals surface area contributed by atoms with Gasteiger partial charge in [-0.25, -0.2) is 0 Å². The van der Waals surface area contributed by atoms with Gasteiger partial charge >= 0.3 is 0 Å². The van der Waals surface area contributed by atoms with Gasteiger partial charge in [-0.1, -0.05) is 29.8 Å². The van der Waals surface area contributed by atoms with E-state index in [-0.39, 0.29) is 12.1 Å². The third kappa shape index (κ3) is 2.27. The molecule has 0 spiro atoms. The first-order valence-corrected chi connectivity index (χ1v) is 7.29. The van der Waals surface area contributed by atoms with Gasteiger partial charge in [-0.3, -0.25) is 4.68 Å². The van der Waals surface area contributed by atoms with Crippen molar-refractivity contribution in [1.82, 2.24) is 9.78 Å². The number of rotatable bonds is 3. The maximum Gasteiger partial charge on any atom is 0.102 e. The molecule has 1 aromatic carbocycles. The van der Waals surface area contributed by atoms with Crippen molar-refractivity contribution >= 4 is 33.8 Å². The minimum Gasteiger partial charge on any atom is -0.326 e. The highest BCUT2D eigenvalue weighted by Crippen LogP contribution is 2.32. The van der Waals surface area contributed by atoms with Crippen LogP contribution in [0.25, 0.3) is 10.9 Å². The van der Waals surface area contributed by atoms with E-state index in [0.717, 1.165) is 20.1 Å². The number of hydrogen-bond donors (Lipinski definition) is 1. The molecule has 3 aromatic rings. The summed E-state index contributed by atoms with van der Waals surface area (Å²) in [5.74, 6) is 0. The Hall–Kier alpha value is -1.36. The predicted octanol–water partition coefficient (Wildman–Crippen LogP) is 3.69. The first kappa shape index (κ1) is 12.7. The van der Waals surface area contributed by atoms with Crippen molar-refractivity contribution in [3.05, 3.63) is 51.8 Å². The molecule has 2 atom stereocenters. The van der Waals surface area contributed by atoms with E-state index in [0.29, 0.717) is 0 Å². The molecule has 0 amide bonds. The van der Waals surface area contributed by atoms with Crippen LogP contribution in [0.3, 0.4) is 0 Å². The van der Waals surface area contributed by atoms with Crippen molar-refractivity contribution in [2.75, 3.05) is 0 Å². The Bertz CT molecular complexity index is 701. The monoisotopic (exact) mass is 291 g/mol. The van der Waals surface area contributed by atoms with Gasteiger partial charge in [0.1, 0.15) is 6.04 Å². The molecule has 0 saturated carbocycles. The summed E-state index contributed by atoms with van der Waals surface area (Å²) in [6, 6.07) is 12.0. The van der Waals surface area contributed by atoms with Crippen molar-refractivity contribution in [2.24, 2.45) is 5.73 Å². The second kappa shape index (κ2) is 4.96. The zero-order chi connectivity index (χ0) is 13.4. The topological polar surface area (TPSA) is 43.8 Å². The summed E-state index contributed by atoms with van der Waals surface area (Å²) in [5.41, 5.74) is 7.25. The van der Waals surface area contributed by atoms with Gasteiger partial charge in [0.2, 0.25) is 0 Å². The van der Waals surface area contributed by atoms with Crippen molar-refractivity contribution in [1.29, 1.82) is 0 Å². The van der Waals surface area contributed by atoms with E-state index in [2.05, 4.69) is 17.2 Å². The van der Waals surface area contributed by atoms with Gasteiger partial charge in [0.15, 0.2) is 0 Å². The summed E-state index contributed by atoms with van der Waals surface area (Å²) in [7, 11) is 0. The highest BCUT2D eigenvalue weighted by Gasteiger charge is 2.22. The summed E-state index contributed by atoms with van der Waals surface area (Å²) in [4.78, 5) is 1.13. The molecule has 19 heavy (non-hydrogen) atoms. The van der Waals surface area contributed by atoms with E-state index < -0.39 is 0 Å². The molecule has 0 radical (unpaired) electrons. The number of hydrogen-bond acceptors (Lipinski definition) is 3. The van der Waals surface area contributed by atoms with Crippen LogP contribution in [0.2, 0.25) is 4.34 Å². The first-order valence-electron chi connectivity index (χ1n) is 6.10. The third-order valence-electron chi connectivity index (χ3n) is 3.15. The van der Waals surface area contributed by atoms with E-state index in [4.69, 9.17) is 17.3 Å². The quantitative estimate of drug-likeness (QED) is 0.800. The molecule has 2 heterocycles. The van der Waals surface area contributed by atoms with Crippen LogP contribution in [0, 0.1) is 0 Å². The lowest BCUT2D eigenvalue weighted by Crippen LogP contribution is -2.30. The van der Waals surface area contributed by atoms with Crippen molar-refractivity contribution in [3.63, 3.8) is 0 Å². The number of fused-ring (bicyclic) bond motifs is 1. The fourth-order valence-corrected chi connectivity index (χ4v) is 3.57. The van der Waals surface area contributed by atoms with Gasteiger partial charge in [0, 0.05) is 16.3 Å². The highest BCUT2D eigenvalue weighted by atomic mass is 35.5. The molecular formula is C14H14ClN3S. The van der Waals surface area contributed by atoms with Crippen LogP contribution in [0.1, 0.15) is 17.8 Å². The summed E-state index contributed by atoms with van der Waals surface area (Å²) in [5, 5.41) is 5.62. The molecule has 3 nitrogen and oxygen atoms in total. The van der Waals surface area contributed by atoms with Crippen molar-refractivity contribution < 1.29 is 0 Å². The van der Waals surface area contributed by atoms with E-state index in [1.165, 1.54) is 0 Å². The minimum atomic E-state index is -0.0435. The molecule has 0 aliphatic heterocycles. The molecule has 0 saturated heterocycles. The van der Waals surface area contributed by atoms with Crippen LogP contribution in [0.5, 0.6) is 0 Å². The molecule has 2 aromatic heterocycles. The van der Waals surface area contributed by atoms with Crippen LogP contribution < -0.4 is 5.73 Å². The van der Waals surface area contributed by atoms with E-state index in [9.17, 15) is 0 Å². The second-order valence-electron chi connectivity index (χ2n) is 4.59. The molecule has 0 fully saturated rings.